The van der Waals surface area contributed by atoms with Crippen LogP contribution in [0.2, 0.25) is 0 Å². The molecule has 1 amide bonds. The van der Waals surface area contributed by atoms with Crippen LogP contribution < -0.4 is 11.3 Å². The Morgan fingerprint density at radius 2 is 2.53 bits per heavy atom. The highest BCUT2D eigenvalue weighted by molar-refractivity contribution is 7.99. The molecule has 2 atom stereocenters. The standard InChI is InChI=1S/C11H16N2O3S/c1-7-10(3-5-15-7)17-6-9-8(2-4-16-9)11(14)13-12/h2,4,7,10H,3,5-6,12H2,1H3,(H,13,14). The molecule has 1 aromatic rings. The number of hydrogen-bond donors (Lipinski definition) is 2. The van der Waals surface area contributed by atoms with Gasteiger partial charge in [0.2, 0.25) is 0 Å². The number of nitrogen functional groups attached to an aromatic ring is 1. The summed E-state index contributed by atoms with van der Waals surface area (Å²) in [5, 5.41) is 0.467. The van der Waals surface area contributed by atoms with E-state index in [4.69, 9.17) is 15.0 Å². The Bertz CT molecular complexity index is 394. The van der Waals surface area contributed by atoms with Gasteiger partial charge in [0.05, 0.1) is 23.7 Å². The third-order valence-corrected chi connectivity index (χ3v) is 4.33. The number of nitrogens with two attached hydrogens (primary N) is 1. The first kappa shape index (κ1) is 12.5. The van der Waals surface area contributed by atoms with Crippen LogP contribution in [0.4, 0.5) is 0 Å². The van der Waals surface area contributed by atoms with Crippen LogP contribution in [0.3, 0.4) is 0 Å². The van der Waals surface area contributed by atoms with Gasteiger partial charge in [0.15, 0.2) is 0 Å². The minimum Gasteiger partial charge on any atom is -0.468 e. The predicted molar refractivity (Wildman–Crippen MR) is 65.5 cm³/mol. The quantitative estimate of drug-likeness (QED) is 0.482. The highest BCUT2D eigenvalue weighted by atomic mass is 32.2. The lowest BCUT2D eigenvalue weighted by Gasteiger charge is -2.12. The van der Waals surface area contributed by atoms with Crippen molar-refractivity contribution in [3.63, 3.8) is 0 Å². The smallest absolute Gasteiger partial charge is 0.268 e. The molecule has 0 bridgehead atoms. The molecule has 0 spiro atoms. The van der Waals surface area contributed by atoms with E-state index in [2.05, 4.69) is 12.3 Å². The number of hydrogen-bond acceptors (Lipinski definition) is 5. The van der Waals surface area contributed by atoms with Gasteiger partial charge in [-0.25, -0.2) is 5.84 Å². The van der Waals surface area contributed by atoms with Gasteiger partial charge in [0.25, 0.3) is 5.91 Å². The summed E-state index contributed by atoms with van der Waals surface area (Å²) < 4.78 is 10.8. The van der Waals surface area contributed by atoms with E-state index >= 15 is 0 Å². The molecule has 1 aromatic heterocycles. The topological polar surface area (TPSA) is 77.5 Å². The number of rotatable bonds is 4. The molecule has 1 saturated heterocycles. The zero-order valence-corrected chi connectivity index (χ0v) is 10.5. The Morgan fingerprint density at radius 3 is 3.18 bits per heavy atom. The van der Waals surface area contributed by atoms with E-state index in [0.29, 0.717) is 22.3 Å². The maximum absolute atomic E-state index is 11.4. The molecule has 1 aliphatic rings. The maximum Gasteiger partial charge on any atom is 0.268 e. The minimum absolute atomic E-state index is 0.266. The van der Waals surface area contributed by atoms with Crippen molar-refractivity contribution in [2.24, 2.45) is 5.84 Å². The largest absolute Gasteiger partial charge is 0.468 e. The molecule has 3 N–H and O–H groups in total. The second kappa shape index (κ2) is 5.57. The second-order valence-electron chi connectivity index (χ2n) is 3.94. The van der Waals surface area contributed by atoms with E-state index in [1.165, 1.54) is 6.26 Å². The van der Waals surface area contributed by atoms with Crippen molar-refractivity contribution in [1.82, 2.24) is 5.43 Å². The van der Waals surface area contributed by atoms with E-state index in [-0.39, 0.29) is 12.0 Å². The third kappa shape index (κ3) is 2.83. The van der Waals surface area contributed by atoms with Gasteiger partial charge in [-0.3, -0.25) is 10.2 Å². The fraction of sp³-hybridized carbons (Fsp3) is 0.545. The number of hydrazine groups is 1. The second-order valence-corrected chi connectivity index (χ2v) is 5.17. The monoisotopic (exact) mass is 256 g/mol. The SMILES string of the molecule is CC1OCCC1SCc1occc1C(=O)NN. The Morgan fingerprint density at radius 1 is 1.71 bits per heavy atom. The zero-order valence-electron chi connectivity index (χ0n) is 9.64. The van der Waals surface area contributed by atoms with Crippen molar-refractivity contribution in [3.05, 3.63) is 23.7 Å². The number of nitrogens with one attached hydrogen (secondary N) is 1. The maximum atomic E-state index is 11.4. The first-order valence-corrected chi connectivity index (χ1v) is 6.57. The van der Waals surface area contributed by atoms with Crippen LogP contribution >= 0.6 is 11.8 Å². The van der Waals surface area contributed by atoms with Crippen molar-refractivity contribution in [2.45, 2.75) is 30.5 Å². The summed E-state index contributed by atoms with van der Waals surface area (Å²) >= 11 is 1.75. The first-order valence-electron chi connectivity index (χ1n) is 5.53. The van der Waals surface area contributed by atoms with Gasteiger partial charge in [0.1, 0.15) is 5.76 Å². The summed E-state index contributed by atoms with van der Waals surface area (Å²) in [6.07, 6.45) is 2.82. The molecular formula is C11H16N2O3S. The predicted octanol–water partition coefficient (Wildman–Crippen LogP) is 1.29. The summed E-state index contributed by atoms with van der Waals surface area (Å²) in [5.41, 5.74) is 2.62. The van der Waals surface area contributed by atoms with Gasteiger partial charge < -0.3 is 9.15 Å². The van der Waals surface area contributed by atoms with Crippen LogP contribution in [0, 0.1) is 0 Å². The van der Waals surface area contributed by atoms with E-state index in [9.17, 15) is 4.79 Å². The molecule has 6 heteroatoms. The average Bonchev–Trinajstić information content (AvgIpc) is 2.94. The van der Waals surface area contributed by atoms with Crippen LogP contribution in [0.25, 0.3) is 0 Å². The lowest BCUT2D eigenvalue weighted by molar-refractivity contribution is 0.0952. The number of carbonyl (C=O) groups excluding carboxylic acids is 1. The van der Waals surface area contributed by atoms with Crippen LogP contribution in [-0.2, 0) is 10.5 Å². The molecule has 17 heavy (non-hydrogen) atoms. The van der Waals surface area contributed by atoms with Crippen molar-refractivity contribution < 1.29 is 13.9 Å². The Kier molecular flexibility index (Phi) is 4.09. The Labute approximate surface area is 104 Å². The van der Waals surface area contributed by atoms with E-state index in [0.717, 1.165) is 13.0 Å². The van der Waals surface area contributed by atoms with Crippen molar-refractivity contribution in [2.75, 3.05) is 6.61 Å². The first-order chi connectivity index (χ1) is 8.22. The molecular weight excluding hydrogens is 240 g/mol. The van der Waals surface area contributed by atoms with Crippen LogP contribution in [0.15, 0.2) is 16.7 Å². The molecule has 1 aliphatic heterocycles. The molecule has 2 unspecified atom stereocenters. The third-order valence-electron chi connectivity index (χ3n) is 2.86. The molecule has 0 aromatic carbocycles. The number of thioether (sulfide) groups is 1. The number of furan rings is 1. The number of ether oxygens (including phenoxy) is 1. The van der Waals surface area contributed by atoms with Gasteiger partial charge in [-0.1, -0.05) is 0 Å². The van der Waals surface area contributed by atoms with Crippen LogP contribution in [0.5, 0.6) is 0 Å². The van der Waals surface area contributed by atoms with Gasteiger partial charge >= 0.3 is 0 Å². The van der Waals surface area contributed by atoms with E-state index in [1.807, 2.05) is 0 Å². The van der Waals surface area contributed by atoms with Gasteiger partial charge in [0, 0.05) is 11.9 Å². The normalized spacial score (nSPS) is 23.9. The molecule has 0 radical (unpaired) electrons. The molecule has 94 valence electrons. The average molecular weight is 256 g/mol. The number of amides is 1. The highest BCUT2D eigenvalue weighted by Crippen LogP contribution is 2.30. The van der Waals surface area contributed by atoms with Crippen LogP contribution in [-0.4, -0.2) is 23.9 Å². The van der Waals surface area contributed by atoms with Gasteiger partial charge in [-0.15, -0.1) is 11.8 Å². The summed E-state index contributed by atoms with van der Waals surface area (Å²) in [6.45, 7) is 2.88. The Balaban J connectivity index is 1.95. The molecule has 2 heterocycles. The van der Waals surface area contributed by atoms with E-state index in [1.54, 1.807) is 17.8 Å². The van der Waals surface area contributed by atoms with Gasteiger partial charge in [-0.2, -0.15) is 0 Å². The van der Waals surface area contributed by atoms with Crippen molar-refractivity contribution in [1.29, 1.82) is 0 Å². The summed E-state index contributed by atoms with van der Waals surface area (Å²) in [4.78, 5) is 11.4. The molecule has 2 rings (SSSR count). The van der Waals surface area contributed by atoms with Crippen LogP contribution in [0.1, 0.15) is 29.5 Å². The van der Waals surface area contributed by atoms with Crippen molar-refractivity contribution in [3.8, 4) is 0 Å². The minimum atomic E-state index is -0.315. The summed E-state index contributed by atoms with van der Waals surface area (Å²) in [7, 11) is 0. The molecule has 0 aliphatic carbocycles. The summed E-state index contributed by atoms with van der Waals surface area (Å²) in [6, 6.07) is 1.63. The molecule has 0 saturated carbocycles. The Hall–Kier alpha value is -0.980. The zero-order chi connectivity index (χ0) is 12.3. The van der Waals surface area contributed by atoms with Gasteiger partial charge in [-0.05, 0) is 19.4 Å². The number of carbonyl (C=O) groups is 1. The van der Waals surface area contributed by atoms with Crippen molar-refractivity contribution >= 4 is 17.7 Å². The molecule has 5 nitrogen and oxygen atoms in total. The molecule has 1 fully saturated rings. The lowest BCUT2D eigenvalue weighted by atomic mass is 10.2. The summed E-state index contributed by atoms with van der Waals surface area (Å²) in [5.74, 6) is 6.11. The highest BCUT2D eigenvalue weighted by Gasteiger charge is 2.25. The fourth-order valence-corrected chi connectivity index (χ4v) is 3.05. The van der Waals surface area contributed by atoms with E-state index < -0.39 is 0 Å². The lowest BCUT2D eigenvalue weighted by Crippen LogP contribution is -2.30. The fourth-order valence-electron chi connectivity index (χ4n) is 1.85.